The molecule has 0 aliphatic heterocycles. The first-order valence-corrected chi connectivity index (χ1v) is 7.40. The van der Waals surface area contributed by atoms with Crippen LogP contribution in [0.2, 0.25) is 0 Å². The number of hydrogen-bond acceptors (Lipinski definition) is 2. The third kappa shape index (κ3) is 7.98. The maximum absolute atomic E-state index is 11.5. The zero-order valence-electron chi connectivity index (χ0n) is 13.1. The zero-order chi connectivity index (χ0) is 15.5. The van der Waals surface area contributed by atoms with E-state index in [9.17, 15) is 4.79 Å². The molecule has 0 atom stereocenters. The van der Waals surface area contributed by atoms with Gasteiger partial charge in [0.15, 0.2) is 0 Å². The van der Waals surface area contributed by atoms with Gasteiger partial charge in [0, 0.05) is 12.6 Å². The predicted molar refractivity (Wildman–Crippen MR) is 87.4 cm³/mol. The molecule has 0 aromatic heterocycles. The summed E-state index contributed by atoms with van der Waals surface area (Å²) in [5.41, 5.74) is 1.18. The van der Waals surface area contributed by atoms with E-state index < -0.39 is 0 Å². The largest absolute Gasteiger partial charge is 0.493 e. The Morgan fingerprint density at radius 1 is 1.24 bits per heavy atom. The highest BCUT2D eigenvalue weighted by molar-refractivity contribution is 5.87. The topological polar surface area (TPSA) is 38.3 Å². The third-order valence-corrected chi connectivity index (χ3v) is 2.77. The molecule has 1 N–H and O–H groups in total. The van der Waals surface area contributed by atoms with Gasteiger partial charge < -0.3 is 10.1 Å². The van der Waals surface area contributed by atoms with E-state index in [4.69, 9.17) is 4.74 Å². The molecule has 0 bridgehead atoms. The van der Waals surface area contributed by atoms with Gasteiger partial charge in [0.25, 0.3) is 0 Å². The van der Waals surface area contributed by atoms with Crippen LogP contribution in [0.25, 0.3) is 0 Å². The van der Waals surface area contributed by atoms with Crippen molar-refractivity contribution in [3.8, 4) is 5.75 Å². The molecule has 0 unspecified atom stereocenters. The number of nitrogens with one attached hydrogen (secondary N) is 1. The van der Waals surface area contributed by atoms with Gasteiger partial charge >= 0.3 is 0 Å². The van der Waals surface area contributed by atoms with Crippen LogP contribution in [0.4, 0.5) is 0 Å². The molecule has 1 amide bonds. The van der Waals surface area contributed by atoms with Crippen molar-refractivity contribution in [1.82, 2.24) is 5.32 Å². The summed E-state index contributed by atoms with van der Waals surface area (Å²) in [4.78, 5) is 11.5. The van der Waals surface area contributed by atoms with Crippen LogP contribution in [0.15, 0.2) is 48.6 Å². The smallest absolute Gasteiger partial charge is 0.243 e. The molecule has 1 aromatic carbocycles. The number of amides is 1. The molecule has 1 rings (SSSR count). The highest BCUT2D eigenvalue weighted by Gasteiger charge is 1.99. The molecular formula is C18H25NO2. The number of ether oxygens (including phenoxy) is 1. The van der Waals surface area contributed by atoms with Crippen LogP contribution in [0.5, 0.6) is 5.75 Å². The second-order valence-corrected chi connectivity index (χ2v) is 5.27. The van der Waals surface area contributed by atoms with Crippen LogP contribution in [-0.2, 0) is 11.2 Å². The van der Waals surface area contributed by atoms with Gasteiger partial charge in [-0.05, 0) is 37.0 Å². The van der Waals surface area contributed by atoms with Gasteiger partial charge in [0.1, 0.15) is 5.75 Å². The Morgan fingerprint density at radius 2 is 1.95 bits per heavy atom. The summed E-state index contributed by atoms with van der Waals surface area (Å²) in [5, 5.41) is 2.85. The quantitative estimate of drug-likeness (QED) is 0.587. The van der Waals surface area contributed by atoms with E-state index >= 15 is 0 Å². The van der Waals surface area contributed by atoms with E-state index in [1.54, 1.807) is 6.08 Å². The number of hydrogen-bond donors (Lipinski definition) is 1. The van der Waals surface area contributed by atoms with Crippen molar-refractivity contribution in [2.24, 2.45) is 5.92 Å². The molecule has 0 fully saturated rings. The molecular weight excluding hydrogens is 262 g/mol. The van der Waals surface area contributed by atoms with E-state index in [0.29, 0.717) is 12.5 Å². The van der Waals surface area contributed by atoms with E-state index in [0.717, 1.165) is 18.8 Å². The molecule has 0 saturated heterocycles. The minimum atomic E-state index is -0.0648. The summed E-state index contributed by atoms with van der Waals surface area (Å²) < 4.78 is 5.63. The van der Waals surface area contributed by atoms with Crippen molar-refractivity contribution in [1.29, 1.82) is 0 Å². The van der Waals surface area contributed by atoms with Crippen LogP contribution < -0.4 is 10.1 Å². The van der Waals surface area contributed by atoms with E-state index in [1.165, 1.54) is 11.6 Å². The molecule has 0 saturated carbocycles. The Labute approximate surface area is 127 Å². The minimum absolute atomic E-state index is 0.0648. The van der Waals surface area contributed by atoms with Crippen LogP contribution in [0, 0.1) is 5.92 Å². The lowest BCUT2D eigenvalue weighted by Gasteiger charge is -2.09. The average Bonchev–Trinajstić information content (AvgIpc) is 2.46. The van der Waals surface area contributed by atoms with Gasteiger partial charge in [-0.25, -0.2) is 0 Å². The van der Waals surface area contributed by atoms with Gasteiger partial charge in [-0.1, -0.05) is 44.2 Å². The fraction of sp³-hybridized carbons (Fsp3) is 0.389. The minimum Gasteiger partial charge on any atom is -0.493 e. The van der Waals surface area contributed by atoms with Gasteiger partial charge in [-0.15, -0.1) is 0 Å². The summed E-state index contributed by atoms with van der Waals surface area (Å²) in [6, 6.07) is 8.03. The van der Waals surface area contributed by atoms with Crippen molar-refractivity contribution >= 4 is 5.91 Å². The standard InChI is InChI=1S/C18H25NO2/c1-4-5-6-7-18(20)19-13-12-16-8-10-17(11-9-16)21-14-15(2)3/h4-11,15H,12-14H2,1-3H3,(H,19,20)/b5-4+,7-6+. The van der Waals surface area contributed by atoms with Crippen molar-refractivity contribution < 1.29 is 9.53 Å². The maximum atomic E-state index is 11.5. The maximum Gasteiger partial charge on any atom is 0.243 e. The first-order chi connectivity index (χ1) is 10.1. The average molecular weight is 287 g/mol. The number of allylic oxidation sites excluding steroid dienone is 3. The van der Waals surface area contributed by atoms with Crippen LogP contribution in [0.3, 0.4) is 0 Å². The van der Waals surface area contributed by atoms with E-state index in [2.05, 4.69) is 19.2 Å². The van der Waals surface area contributed by atoms with Gasteiger partial charge in [-0.3, -0.25) is 4.79 Å². The molecule has 3 nitrogen and oxygen atoms in total. The van der Waals surface area contributed by atoms with Crippen molar-refractivity contribution in [3.05, 3.63) is 54.1 Å². The monoisotopic (exact) mass is 287 g/mol. The summed E-state index contributed by atoms with van der Waals surface area (Å²) in [7, 11) is 0. The lowest BCUT2D eigenvalue weighted by atomic mass is 10.1. The Bertz CT molecular complexity index is 472. The first kappa shape index (κ1) is 17.0. The molecule has 3 heteroatoms. The van der Waals surface area contributed by atoms with Crippen molar-refractivity contribution in [2.75, 3.05) is 13.2 Å². The summed E-state index contributed by atoms with van der Waals surface area (Å²) in [6.45, 7) is 7.53. The molecule has 0 aliphatic rings. The Kier molecular flexibility index (Phi) is 7.95. The van der Waals surface area contributed by atoms with Gasteiger partial charge in [-0.2, -0.15) is 0 Å². The van der Waals surface area contributed by atoms with E-state index in [-0.39, 0.29) is 5.91 Å². The number of rotatable bonds is 8. The predicted octanol–water partition coefficient (Wildman–Crippen LogP) is 3.51. The molecule has 0 radical (unpaired) electrons. The molecule has 0 aliphatic carbocycles. The van der Waals surface area contributed by atoms with Crippen molar-refractivity contribution in [2.45, 2.75) is 27.2 Å². The number of carbonyl (C=O) groups excluding carboxylic acids is 1. The fourth-order valence-electron chi connectivity index (χ4n) is 1.66. The number of carbonyl (C=O) groups is 1. The number of benzene rings is 1. The van der Waals surface area contributed by atoms with Gasteiger partial charge in [0.2, 0.25) is 5.91 Å². The van der Waals surface area contributed by atoms with E-state index in [1.807, 2.05) is 43.3 Å². The van der Waals surface area contributed by atoms with Crippen LogP contribution in [0.1, 0.15) is 26.3 Å². The van der Waals surface area contributed by atoms with Crippen LogP contribution in [-0.4, -0.2) is 19.1 Å². The highest BCUT2D eigenvalue weighted by atomic mass is 16.5. The SMILES string of the molecule is C/C=C/C=C/C(=O)NCCc1ccc(OCC(C)C)cc1. The molecule has 0 spiro atoms. The Balaban J connectivity index is 2.31. The lowest BCUT2D eigenvalue weighted by Crippen LogP contribution is -2.23. The molecule has 1 aromatic rings. The fourth-order valence-corrected chi connectivity index (χ4v) is 1.66. The van der Waals surface area contributed by atoms with Crippen LogP contribution >= 0.6 is 0 Å². The molecule has 21 heavy (non-hydrogen) atoms. The van der Waals surface area contributed by atoms with Crippen molar-refractivity contribution in [3.63, 3.8) is 0 Å². The second kappa shape index (κ2) is 9.81. The Morgan fingerprint density at radius 3 is 2.57 bits per heavy atom. The normalized spacial score (nSPS) is 11.4. The summed E-state index contributed by atoms with van der Waals surface area (Å²) in [6.07, 6.45) is 7.79. The second-order valence-electron chi connectivity index (χ2n) is 5.27. The Hall–Kier alpha value is -2.03. The lowest BCUT2D eigenvalue weighted by molar-refractivity contribution is -0.116. The summed E-state index contributed by atoms with van der Waals surface area (Å²) in [5.74, 6) is 1.35. The zero-order valence-corrected chi connectivity index (χ0v) is 13.1. The van der Waals surface area contributed by atoms with Gasteiger partial charge in [0.05, 0.1) is 6.61 Å². The summed E-state index contributed by atoms with van der Waals surface area (Å²) >= 11 is 0. The third-order valence-electron chi connectivity index (χ3n) is 2.77. The highest BCUT2D eigenvalue weighted by Crippen LogP contribution is 2.13. The first-order valence-electron chi connectivity index (χ1n) is 7.40. The molecule has 114 valence electrons. The molecule has 0 heterocycles.